The highest BCUT2D eigenvalue weighted by Crippen LogP contribution is 2.34. The third kappa shape index (κ3) is 2.95. The molecule has 1 aromatic carbocycles. The fourth-order valence-corrected chi connectivity index (χ4v) is 2.70. The van der Waals surface area contributed by atoms with Crippen molar-refractivity contribution >= 4 is 0 Å². The number of piperidine rings is 1. The Morgan fingerprint density at radius 3 is 2.86 bits per heavy atom. The van der Waals surface area contributed by atoms with Gasteiger partial charge >= 0.3 is 0 Å². The first kappa shape index (κ1) is 14.1. The Balaban J connectivity index is 1.67. The van der Waals surface area contributed by atoms with Gasteiger partial charge in [-0.2, -0.15) is 0 Å². The number of ether oxygens (including phenoxy) is 2. The summed E-state index contributed by atoms with van der Waals surface area (Å²) >= 11 is 0. The number of likely N-dealkylation sites (tertiary alicyclic amines) is 1. The van der Waals surface area contributed by atoms with Crippen molar-refractivity contribution in [3.63, 3.8) is 0 Å². The highest BCUT2D eigenvalue weighted by molar-refractivity contribution is 5.45. The average molecular weight is 297 g/mol. The third-order valence-electron chi connectivity index (χ3n) is 3.90. The van der Waals surface area contributed by atoms with Gasteiger partial charge in [-0.1, -0.05) is 0 Å². The van der Waals surface area contributed by atoms with E-state index in [-0.39, 0.29) is 12.6 Å². The molecule has 2 heterocycles. The molecule has 0 aliphatic carbocycles. The minimum absolute atomic E-state index is 0.108. The number of aliphatic hydroxyl groups is 1. The summed E-state index contributed by atoms with van der Waals surface area (Å²) in [6.45, 7) is 1.18. The maximum absolute atomic E-state index is 14.0. The van der Waals surface area contributed by atoms with Crippen molar-refractivity contribution in [1.82, 2.24) is 4.90 Å². The Bertz CT molecular complexity index is 562. The van der Waals surface area contributed by atoms with Gasteiger partial charge in [-0.3, -0.25) is 0 Å². The molecule has 3 rings (SSSR count). The number of benzene rings is 1. The maximum Gasteiger partial charge on any atom is 0.231 e. The van der Waals surface area contributed by atoms with Crippen LogP contribution < -0.4 is 9.47 Å². The summed E-state index contributed by atoms with van der Waals surface area (Å²) in [5.41, 5.74) is 0.985. The van der Waals surface area contributed by atoms with Crippen molar-refractivity contribution < 1.29 is 23.4 Å². The summed E-state index contributed by atoms with van der Waals surface area (Å²) in [4.78, 5) is 1.84. The molecule has 1 atom stereocenters. The molecular weight excluding hydrogens is 280 g/mol. The van der Waals surface area contributed by atoms with Gasteiger partial charge in [-0.25, -0.2) is 8.78 Å². The van der Waals surface area contributed by atoms with E-state index >= 15 is 0 Å². The number of fused-ring (bicyclic) bond motifs is 1. The first-order valence-electron chi connectivity index (χ1n) is 6.97. The minimum Gasteiger partial charge on any atom is -0.454 e. The van der Waals surface area contributed by atoms with Gasteiger partial charge in [0.15, 0.2) is 11.5 Å². The number of halogens is 2. The van der Waals surface area contributed by atoms with Crippen molar-refractivity contribution in [3.8, 4) is 11.5 Å². The zero-order valence-corrected chi connectivity index (χ0v) is 11.5. The van der Waals surface area contributed by atoms with Gasteiger partial charge in [0.1, 0.15) is 12.1 Å². The van der Waals surface area contributed by atoms with Gasteiger partial charge in [0, 0.05) is 31.3 Å². The largest absolute Gasteiger partial charge is 0.454 e. The van der Waals surface area contributed by atoms with Crippen LogP contribution in [-0.2, 0) is 6.42 Å². The van der Waals surface area contributed by atoms with Crippen molar-refractivity contribution in [2.24, 2.45) is 0 Å². The van der Waals surface area contributed by atoms with Crippen LogP contribution in [0.25, 0.3) is 0 Å². The lowest BCUT2D eigenvalue weighted by atomic mass is 10.0. The molecular formula is C15H17F2NO3. The molecule has 2 aliphatic heterocycles. The Morgan fingerprint density at radius 2 is 2.10 bits per heavy atom. The number of hydrogen-bond acceptors (Lipinski definition) is 4. The van der Waals surface area contributed by atoms with Crippen LogP contribution in [-0.4, -0.2) is 36.0 Å². The summed E-state index contributed by atoms with van der Waals surface area (Å²) in [6, 6.07) is 2.96. The van der Waals surface area contributed by atoms with Crippen molar-refractivity contribution in [1.29, 1.82) is 0 Å². The monoisotopic (exact) mass is 297 g/mol. The Kier molecular flexibility index (Phi) is 3.96. The topological polar surface area (TPSA) is 41.9 Å². The van der Waals surface area contributed by atoms with Gasteiger partial charge in [-0.15, -0.1) is 0 Å². The van der Waals surface area contributed by atoms with E-state index in [1.54, 1.807) is 6.07 Å². The fourth-order valence-electron chi connectivity index (χ4n) is 2.70. The second-order valence-electron chi connectivity index (χ2n) is 5.28. The van der Waals surface area contributed by atoms with E-state index in [1.165, 1.54) is 6.07 Å². The Hall–Kier alpha value is -1.82. The predicted molar refractivity (Wildman–Crippen MR) is 72.2 cm³/mol. The van der Waals surface area contributed by atoms with Crippen molar-refractivity contribution in [3.05, 3.63) is 35.5 Å². The molecule has 0 radical (unpaired) electrons. The van der Waals surface area contributed by atoms with Crippen molar-refractivity contribution in [2.75, 3.05) is 19.9 Å². The molecule has 0 spiro atoms. The smallest absolute Gasteiger partial charge is 0.231 e. The van der Waals surface area contributed by atoms with Crippen LogP contribution in [0.15, 0.2) is 24.2 Å². The van der Waals surface area contributed by atoms with E-state index < -0.39 is 6.10 Å². The molecule has 2 aliphatic rings. The zero-order valence-electron chi connectivity index (χ0n) is 11.5. The SMILES string of the molecule is OC1CCN(CCc2cc3c(cc2F)OCO3)/C(=C\F)C1. The summed E-state index contributed by atoms with van der Waals surface area (Å²) in [7, 11) is 0. The molecule has 0 aromatic heterocycles. The normalized spacial score (nSPS) is 22.9. The molecule has 114 valence electrons. The van der Waals surface area contributed by atoms with Gasteiger partial charge in [0.05, 0.1) is 6.10 Å². The Morgan fingerprint density at radius 1 is 1.33 bits per heavy atom. The Labute approximate surface area is 121 Å². The van der Waals surface area contributed by atoms with Gasteiger partial charge in [-0.05, 0) is 24.5 Å². The average Bonchev–Trinajstić information content (AvgIpc) is 2.92. The van der Waals surface area contributed by atoms with E-state index in [0.29, 0.717) is 61.4 Å². The van der Waals surface area contributed by atoms with E-state index in [2.05, 4.69) is 0 Å². The predicted octanol–water partition coefficient (Wildman–Crippen LogP) is 2.36. The zero-order chi connectivity index (χ0) is 14.8. The lowest BCUT2D eigenvalue weighted by molar-refractivity contribution is 0.109. The molecule has 1 N–H and O–H groups in total. The number of rotatable bonds is 3. The summed E-state index contributed by atoms with van der Waals surface area (Å²) < 4.78 is 37.2. The molecule has 6 heteroatoms. The van der Waals surface area contributed by atoms with Gasteiger partial charge in [0.25, 0.3) is 0 Å². The second kappa shape index (κ2) is 5.89. The summed E-state index contributed by atoms with van der Waals surface area (Å²) in [6.07, 6.45) is 1.38. The van der Waals surface area contributed by atoms with Crippen LogP contribution in [0.3, 0.4) is 0 Å². The molecule has 1 unspecified atom stereocenters. The second-order valence-corrected chi connectivity index (χ2v) is 5.28. The molecule has 1 aromatic rings. The molecule has 1 saturated heterocycles. The van der Waals surface area contributed by atoms with Gasteiger partial charge < -0.3 is 19.5 Å². The summed E-state index contributed by atoms with van der Waals surface area (Å²) in [5, 5.41) is 9.54. The highest BCUT2D eigenvalue weighted by Gasteiger charge is 2.22. The first-order chi connectivity index (χ1) is 10.2. The van der Waals surface area contributed by atoms with Crippen molar-refractivity contribution in [2.45, 2.75) is 25.4 Å². The standard InChI is InChI=1S/C15H17F2NO3/c16-8-11-6-12(19)2-4-18(11)3-1-10-5-14-15(7-13(10)17)21-9-20-14/h5,7-8,12,19H,1-4,6,9H2/b11-8-. The minimum atomic E-state index is -0.495. The summed E-state index contributed by atoms with van der Waals surface area (Å²) in [5.74, 6) is 0.616. The maximum atomic E-state index is 14.0. The van der Waals surface area contributed by atoms with Crippen LogP contribution in [0.4, 0.5) is 8.78 Å². The van der Waals surface area contributed by atoms with E-state index in [4.69, 9.17) is 9.47 Å². The molecule has 0 amide bonds. The van der Waals surface area contributed by atoms with Crippen LogP contribution >= 0.6 is 0 Å². The molecule has 1 fully saturated rings. The molecule has 0 saturated carbocycles. The van der Waals surface area contributed by atoms with E-state index in [1.807, 2.05) is 4.90 Å². The van der Waals surface area contributed by atoms with Crippen LogP contribution in [0.5, 0.6) is 11.5 Å². The van der Waals surface area contributed by atoms with Crippen LogP contribution in [0.1, 0.15) is 18.4 Å². The van der Waals surface area contributed by atoms with E-state index in [0.717, 1.165) is 0 Å². The fraction of sp³-hybridized carbons (Fsp3) is 0.467. The first-order valence-corrected chi connectivity index (χ1v) is 6.97. The highest BCUT2D eigenvalue weighted by atomic mass is 19.1. The number of nitrogens with zero attached hydrogens (tertiary/aromatic N) is 1. The lowest BCUT2D eigenvalue weighted by Gasteiger charge is -2.33. The number of aliphatic hydroxyl groups excluding tert-OH is 1. The number of hydrogen-bond donors (Lipinski definition) is 1. The molecule has 0 bridgehead atoms. The van der Waals surface area contributed by atoms with Crippen LogP contribution in [0, 0.1) is 5.82 Å². The van der Waals surface area contributed by atoms with Crippen LogP contribution in [0.2, 0.25) is 0 Å². The van der Waals surface area contributed by atoms with E-state index in [9.17, 15) is 13.9 Å². The third-order valence-corrected chi connectivity index (χ3v) is 3.90. The quantitative estimate of drug-likeness (QED) is 0.930. The lowest BCUT2D eigenvalue weighted by Crippen LogP contribution is -2.35. The molecule has 21 heavy (non-hydrogen) atoms. The molecule has 4 nitrogen and oxygen atoms in total. The van der Waals surface area contributed by atoms with Gasteiger partial charge in [0.2, 0.25) is 6.79 Å².